The molecule has 0 saturated heterocycles. The molecule has 3 saturated carbocycles. The standard InChI is InChI=1S/C25H39N/c1-7-10-19-13-17-25(26)21-12-11-20(18(4)9-3)24(21,6)16-14-22(25)23(19,5)15-8-2/h7-8,10,15,20-22H,1,4,9,11-14,16-17,26H2,2-3,5-6H3/b15-8-,19-10-. The number of hydrogen-bond acceptors (Lipinski definition) is 1. The van der Waals surface area contributed by atoms with E-state index >= 15 is 0 Å². The van der Waals surface area contributed by atoms with E-state index in [0.717, 1.165) is 19.3 Å². The topological polar surface area (TPSA) is 26.0 Å². The summed E-state index contributed by atoms with van der Waals surface area (Å²) in [5, 5.41) is 0. The first-order valence-corrected chi connectivity index (χ1v) is 10.7. The van der Waals surface area contributed by atoms with Gasteiger partial charge in [0.1, 0.15) is 0 Å². The van der Waals surface area contributed by atoms with Gasteiger partial charge in [-0.15, -0.1) is 0 Å². The van der Waals surface area contributed by atoms with Crippen LogP contribution in [0.3, 0.4) is 0 Å². The summed E-state index contributed by atoms with van der Waals surface area (Å²) in [6, 6.07) is 0. The molecule has 1 heteroatoms. The molecule has 0 spiro atoms. The Kier molecular flexibility index (Phi) is 5.16. The smallest absolute Gasteiger partial charge is 0.0231 e. The van der Waals surface area contributed by atoms with Crippen LogP contribution in [0.15, 0.2) is 48.6 Å². The second-order valence-electron chi connectivity index (χ2n) is 9.61. The Morgan fingerprint density at radius 2 is 1.92 bits per heavy atom. The Morgan fingerprint density at radius 1 is 1.19 bits per heavy atom. The minimum atomic E-state index is -0.0530. The van der Waals surface area contributed by atoms with E-state index in [1.54, 1.807) is 0 Å². The fraction of sp³-hybridized carbons (Fsp3) is 0.680. The lowest BCUT2D eigenvalue weighted by molar-refractivity contribution is -0.0492. The zero-order valence-electron chi connectivity index (χ0n) is 17.5. The van der Waals surface area contributed by atoms with Crippen molar-refractivity contribution in [2.75, 3.05) is 0 Å². The summed E-state index contributed by atoms with van der Waals surface area (Å²) < 4.78 is 0. The van der Waals surface area contributed by atoms with Gasteiger partial charge >= 0.3 is 0 Å². The Balaban J connectivity index is 2.03. The van der Waals surface area contributed by atoms with Crippen LogP contribution in [0.5, 0.6) is 0 Å². The molecule has 0 aliphatic heterocycles. The van der Waals surface area contributed by atoms with Crippen molar-refractivity contribution in [1.29, 1.82) is 0 Å². The summed E-state index contributed by atoms with van der Waals surface area (Å²) in [5.74, 6) is 1.81. The van der Waals surface area contributed by atoms with Gasteiger partial charge in [0.25, 0.3) is 0 Å². The van der Waals surface area contributed by atoms with Crippen LogP contribution >= 0.6 is 0 Å². The lowest BCUT2D eigenvalue weighted by atomic mass is 9.45. The maximum Gasteiger partial charge on any atom is 0.0231 e. The van der Waals surface area contributed by atoms with Gasteiger partial charge in [0.15, 0.2) is 0 Å². The van der Waals surface area contributed by atoms with Crippen molar-refractivity contribution < 1.29 is 0 Å². The van der Waals surface area contributed by atoms with Crippen LogP contribution in [0.25, 0.3) is 0 Å². The van der Waals surface area contributed by atoms with Crippen molar-refractivity contribution in [2.45, 2.75) is 78.2 Å². The summed E-state index contributed by atoms with van der Waals surface area (Å²) in [5.41, 5.74) is 10.7. The molecule has 0 aromatic rings. The van der Waals surface area contributed by atoms with E-state index in [-0.39, 0.29) is 11.0 Å². The molecule has 26 heavy (non-hydrogen) atoms. The fourth-order valence-corrected chi connectivity index (χ4v) is 7.38. The molecule has 6 unspecified atom stereocenters. The maximum absolute atomic E-state index is 7.39. The average molecular weight is 354 g/mol. The largest absolute Gasteiger partial charge is 0.325 e. The van der Waals surface area contributed by atoms with Gasteiger partial charge in [-0.3, -0.25) is 0 Å². The van der Waals surface area contributed by atoms with Crippen molar-refractivity contribution in [2.24, 2.45) is 34.3 Å². The van der Waals surface area contributed by atoms with E-state index < -0.39 is 0 Å². The van der Waals surface area contributed by atoms with E-state index in [1.165, 1.54) is 36.8 Å². The van der Waals surface area contributed by atoms with E-state index in [1.807, 2.05) is 6.08 Å². The number of hydrogen-bond donors (Lipinski definition) is 1. The van der Waals surface area contributed by atoms with Crippen molar-refractivity contribution in [1.82, 2.24) is 0 Å². The third kappa shape index (κ3) is 2.61. The van der Waals surface area contributed by atoms with Crippen LogP contribution in [0.4, 0.5) is 0 Å². The normalized spacial score (nSPS) is 47.0. The van der Waals surface area contributed by atoms with Crippen molar-refractivity contribution in [3.05, 3.63) is 48.6 Å². The molecule has 6 atom stereocenters. The SMILES string of the molecule is C=C/C=C1/CCC2(N)C(CCC3(C)C(C(=C)CC)CCC32)C1(C)/C=C\C. The third-order valence-corrected chi connectivity index (χ3v) is 8.63. The first-order valence-electron chi connectivity index (χ1n) is 10.7. The van der Waals surface area contributed by atoms with Gasteiger partial charge in [0.2, 0.25) is 0 Å². The van der Waals surface area contributed by atoms with Crippen molar-refractivity contribution in [3.8, 4) is 0 Å². The lowest BCUT2D eigenvalue weighted by Gasteiger charge is -2.62. The van der Waals surface area contributed by atoms with Crippen LogP contribution in [0, 0.1) is 28.6 Å². The highest BCUT2D eigenvalue weighted by molar-refractivity contribution is 5.34. The molecule has 0 heterocycles. The molecule has 0 aromatic carbocycles. The molecule has 3 aliphatic rings. The molecule has 3 aliphatic carbocycles. The number of fused-ring (bicyclic) bond motifs is 3. The van der Waals surface area contributed by atoms with Gasteiger partial charge in [-0.1, -0.05) is 69.4 Å². The predicted molar refractivity (Wildman–Crippen MR) is 114 cm³/mol. The zero-order valence-corrected chi connectivity index (χ0v) is 17.5. The van der Waals surface area contributed by atoms with Crippen LogP contribution in [0.1, 0.15) is 72.6 Å². The van der Waals surface area contributed by atoms with Gasteiger partial charge < -0.3 is 5.73 Å². The monoisotopic (exact) mass is 353 g/mol. The molecule has 0 radical (unpaired) electrons. The van der Waals surface area contributed by atoms with Gasteiger partial charge in [-0.05, 0) is 75.0 Å². The summed E-state index contributed by atoms with van der Waals surface area (Å²) >= 11 is 0. The summed E-state index contributed by atoms with van der Waals surface area (Å²) in [7, 11) is 0. The fourth-order valence-electron chi connectivity index (χ4n) is 7.38. The third-order valence-electron chi connectivity index (χ3n) is 8.63. The minimum Gasteiger partial charge on any atom is -0.325 e. The maximum atomic E-state index is 7.39. The Bertz CT molecular complexity index is 641. The summed E-state index contributed by atoms with van der Waals surface area (Å²) in [4.78, 5) is 0. The van der Waals surface area contributed by atoms with Crippen LogP contribution in [-0.2, 0) is 0 Å². The molecule has 0 bridgehead atoms. The molecule has 3 fully saturated rings. The molecule has 144 valence electrons. The molecule has 3 rings (SSSR count). The zero-order chi connectivity index (χ0) is 19.2. The van der Waals surface area contributed by atoms with Crippen LogP contribution in [0.2, 0.25) is 0 Å². The minimum absolute atomic E-state index is 0.0530. The Labute approximate surface area is 161 Å². The van der Waals surface area contributed by atoms with Gasteiger partial charge in [-0.25, -0.2) is 0 Å². The van der Waals surface area contributed by atoms with Crippen molar-refractivity contribution in [3.63, 3.8) is 0 Å². The van der Waals surface area contributed by atoms with Crippen LogP contribution in [-0.4, -0.2) is 5.54 Å². The molecule has 0 amide bonds. The van der Waals surface area contributed by atoms with Crippen molar-refractivity contribution >= 4 is 0 Å². The highest BCUT2D eigenvalue weighted by atomic mass is 14.9. The number of nitrogens with two attached hydrogens (primary N) is 1. The van der Waals surface area contributed by atoms with E-state index in [2.05, 4.69) is 59.1 Å². The summed E-state index contributed by atoms with van der Waals surface area (Å²) in [6.45, 7) is 17.8. The first-order chi connectivity index (χ1) is 12.3. The first kappa shape index (κ1) is 19.7. The Morgan fingerprint density at radius 3 is 2.54 bits per heavy atom. The predicted octanol–water partition coefficient (Wildman–Crippen LogP) is 6.58. The van der Waals surface area contributed by atoms with E-state index in [4.69, 9.17) is 5.73 Å². The van der Waals surface area contributed by atoms with E-state index in [0.29, 0.717) is 23.2 Å². The second-order valence-corrected chi connectivity index (χ2v) is 9.61. The number of rotatable bonds is 4. The molecular formula is C25H39N. The number of allylic oxidation sites excluding steroid dienone is 6. The molecule has 2 N–H and O–H groups in total. The molecular weight excluding hydrogens is 314 g/mol. The average Bonchev–Trinajstić information content (AvgIpc) is 2.96. The Hall–Kier alpha value is -1.08. The highest BCUT2D eigenvalue weighted by Gasteiger charge is 2.63. The highest BCUT2D eigenvalue weighted by Crippen LogP contribution is 2.67. The summed E-state index contributed by atoms with van der Waals surface area (Å²) in [6.07, 6.45) is 17.3. The second kappa shape index (κ2) is 6.82. The van der Waals surface area contributed by atoms with Crippen LogP contribution < -0.4 is 5.73 Å². The quantitative estimate of drug-likeness (QED) is 0.567. The van der Waals surface area contributed by atoms with Gasteiger partial charge in [-0.2, -0.15) is 0 Å². The van der Waals surface area contributed by atoms with E-state index in [9.17, 15) is 0 Å². The molecule has 0 aromatic heterocycles. The lowest BCUT2D eigenvalue weighted by Crippen LogP contribution is -2.66. The molecule has 1 nitrogen and oxygen atoms in total. The van der Waals surface area contributed by atoms with Gasteiger partial charge in [0.05, 0.1) is 0 Å². The van der Waals surface area contributed by atoms with Gasteiger partial charge in [0, 0.05) is 11.0 Å².